The molecule has 0 radical (unpaired) electrons. The highest BCUT2D eigenvalue weighted by molar-refractivity contribution is 6.07. The van der Waals surface area contributed by atoms with Crippen molar-refractivity contribution in [2.45, 2.75) is 129 Å². The Balaban J connectivity index is 1.62. The van der Waals surface area contributed by atoms with Crippen molar-refractivity contribution in [3.05, 3.63) is 65.7 Å². The van der Waals surface area contributed by atoms with Gasteiger partial charge in [-0.15, -0.1) is 0 Å². The average molecular weight is 648 g/mol. The van der Waals surface area contributed by atoms with Gasteiger partial charge in [-0.1, -0.05) is 76.5 Å². The zero-order chi connectivity index (χ0) is 34.6. The largest absolute Gasteiger partial charge is 0.331 e. The van der Waals surface area contributed by atoms with E-state index in [-0.39, 0.29) is 23.9 Å². The van der Waals surface area contributed by atoms with Crippen LogP contribution < -0.4 is 15.8 Å². The van der Waals surface area contributed by atoms with Crippen molar-refractivity contribution in [1.82, 2.24) is 20.7 Å². The molecule has 0 unspecified atom stereocenters. The minimum atomic E-state index is -0.513. The van der Waals surface area contributed by atoms with Gasteiger partial charge in [-0.05, 0) is 83.4 Å². The molecule has 1 aliphatic rings. The number of para-hydroxylation sites is 1. The SMILES string of the molecule is CCCCCCCCCCCC(=O)NNC(=O)c1ccc(C(=O)N(c2ccccc2)C2CC(C)(C)N(C(=O)N(C)C)C(C)(C)C2)cc1. The molecule has 2 aromatic carbocycles. The summed E-state index contributed by atoms with van der Waals surface area (Å²) in [7, 11) is 3.52. The minimum Gasteiger partial charge on any atom is -0.331 e. The van der Waals surface area contributed by atoms with Crippen LogP contribution in [0, 0.1) is 0 Å². The molecule has 2 aromatic rings. The van der Waals surface area contributed by atoms with Crippen molar-refractivity contribution in [3.8, 4) is 0 Å². The van der Waals surface area contributed by atoms with Crippen LogP contribution in [0.15, 0.2) is 54.6 Å². The zero-order valence-electron chi connectivity index (χ0n) is 29.7. The van der Waals surface area contributed by atoms with Crippen LogP contribution in [0.4, 0.5) is 10.5 Å². The quantitative estimate of drug-likeness (QED) is 0.162. The molecule has 1 heterocycles. The molecular formula is C38H57N5O4. The number of benzene rings is 2. The summed E-state index contributed by atoms with van der Waals surface area (Å²) in [4.78, 5) is 57.8. The van der Waals surface area contributed by atoms with E-state index >= 15 is 0 Å². The van der Waals surface area contributed by atoms with Gasteiger partial charge in [-0.25, -0.2) is 4.79 Å². The number of hydrogen-bond donors (Lipinski definition) is 2. The molecule has 0 aromatic heterocycles. The normalized spacial score (nSPS) is 15.5. The third kappa shape index (κ3) is 10.6. The fourth-order valence-electron chi connectivity index (χ4n) is 6.97. The number of amides is 5. The summed E-state index contributed by atoms with van der Waals surface area (Å²) in [5.74, 6) is -0.831. The lowest BCUT2D eigenvalue weighted by Gasteiger charge is -2.57. The number of piperidine rings is 1. The molecule has 0 spiro atoms. The molecule has 258 valence electrons. The third-order valence-corrected chi connectivity index (χ3v) is 9.09. The van der Waals surface area contributed by atoms with Crippen LogP contribution in [0.2, 0.25) is 0 Å². The van der Waals surface area contributed by atoms with E-state index in [0.29, 0.717) is 30.4 Å². The Bertz CT molecular complexity index is 1310. The number of nitrogens with one attached hydrogen (secondary N) is 2. The third-order valence-electron chi connectivity index (χ3n) is 9.09. The van der Waals surface area contributed by atoms with Crippen molar-refractivity contribution >= 4 is 29.4 Å². The Kier molecular flexibility index (Phi) is 13.8. The molecule has 47 heavy (non-hydrogen) atoms. The van der Waals surface area contributed by atoms with Crippen molar-refractivity contribution in [3.63, 3.8) is 0 Å². The Morgan fingerprint density at radius 2 is 1.23 bits per heavy atom. The monoisotopic (exact) mass is 647 g/mol. The molecule has 1 fully saturated rings. The van der Waals surface area contributed by atoms with Crippen molar-refractivity contribution in [1.29, 1.82) is 0 Å². The van der Waals surface area contributed by atoms with E-state index in [9.17, 15) is 19.2 Å². The topological polar surface area (TPSA) is 102 Å². The summed E-state index contributed by atoms with van der Waals surface area (Å²) < 4.78 is 0. The number of rotatable bonds is 14. The molecule has 5 amide bonds. The number of hydrazine groups is 1. The molecule has 0 atom stereocenters. The van der Waals surface area contributed by atoms with E-state index in [1.807, 2.05) is 40.1 Å². The molecule has 0 bridgehead atoms. The van der Waals surface area contributed by atoms with Crippen LogP contribution in [0.25, 0.3) is 0 Å². The Morgan fingerprint density at radius 1 is 0.723 bits per heavy atom. The lowest BCUT2D eigenvalue weighted by molar-refractivity contribution is -0.122. The first kappa shape index (κ1) is 37.6. The van der Waals surface area contributed by atoms with Gasteiger partial charge in [0.05, 0.1) is 0 Å². The number of hydrogen-bond acceptors (Lipinski definition) is 4. The van der Waals surface area contributed by atoms with Gasteiger partial charge in [0.1, 0.15) is 0 Å². The highest BCUT2D eigenvalue weighted by Gasteiger charge is 2.50. The van der Waals surface area contributed by atoms with Crippen LogP contribution in [0.3, 0.4) is 0 Å². The van der Waals surface area contributed by atoms with E-state index in [1.54, 1.807) is 43.3 Å². The van der Waals surface area contributed by atoms with E-state index in [1.165, 1.54) is 38.5 Å². The van der Waals surface area contributed by atoms with Gasteiger partial charge in [0.25, 0.3) is 11.8 Å². The lowest BCUT2D eigenvalue weighted by atomic mass is 9.76. The van der Waals surface area contributed by atoms with Gasteiger partial charge in [-0.2, -0.15) is 0 Å². The van der Waals surface area contributed by atoms with Gasteiger partial charge >= 0.3 is 6.03 Å². The molecular weight excluding hydrogens is 590 g/mol. The predicted molar refractivity (Wildman–Crippen MR) is 189 cm³/mol. The maximum atomic E-state index is 14.2. The number of nitrogens with zero attached hydrogens (tertiary/aromatic N) is 3. The van der Waals surface area contributed by atoms with Crippen molar-refractivity contribution < 1.29 is 19.2 Å². The second-order valence-corrected chi connectivity index (χ2v) is 14.4. The first-order valence-electron chi connectivity index (χ1n) is 17.4. The molecule has 1 saturated heterocycles. The van der Waals surface area contributed by atoms with Gasteiger partial charge in [0.2, 0.25) is 5.91 Å². The summed E-state index contributed by atoms with van der Waals surface area (Å²) in [5, 5.41) is 0. The predicted octanol–water partition coefficient (Wildman–Crippen LogP) is 7.72. The first-order valence-corrected chi connectivity index (χ1v) is 17.4. The molecule has 9 nitrogen and oxygen atoms in total. The Labute approximate surface area is 282 Å². The highest BCUT2D eigenvalue weighted by Crippen LogP contribution is 2.42. The molecule has 1 aliphatic heterocycles. The molecule has 2 N–H and O–H groups in total. The van der Waals surface area contributed by atoms with E-state index < -0.39 is 17.0 Å². The standard InChI is InChI=1S/C38H57N5O4/c1-8-9-10-11-12-13-14-15-19-22-33(44)39-40-34(45)29-23-25-30(26-24-29)35(46)42(31-20-17-16-18-21-31)32-27-37(2,3)43(36(47)41(6)7)38(4,5)28-32/h16-18,20-21,23-26,32H,8-15,19,22,27-28H2,1-7H3,(H,39,44)(H,40,45). The molecule has 3 rings (SSSR count). The number of carbonyl (C=O) groups excluding carboxylic acids is 4. The highest BCUT2D eigenvalue weighted by atomic mass is 16.2. The first-order chi connectivity index (χ1) is 22.3. The van der Waals surface area contributed by atoms with Crippen LogP contribution in [0.1, 0.15) is 132 Å². The minimum absolute atomic E-state index is 0.0513. The number of anilines is 1. The zero-order valence-corrected chi connectivity index (χ0v) is 29.7. The summed E-state index contributed by atoms with van der Waals surface area (Å²) >= 11 is 0. The fraction of sp³-hybridized carbons (Fsp3) is 0.579. The van der Waals surface area contributed by atoms with Gasteiger partial charge in [-0.3, -0.25) is 25.2 Å². The van der Waals surface area contributed by atoms with Crippen LogP contribution in [-0.4, -0.2) is 64.8 Å². The maximum absolute atomic E-state index is 14.2. The van der Waals surface area contributed by atoms with Gasteiger partial charge in [0, 0.05) is 54.5 Å². The van der Waals surface area contributed by atoms with Gasteiger partial charge < -0.3 is 14.7 Å². The Hall–Kier alpha value is -3.88. The van der Waals surface area contributed by atoms with E-state index in [4.69, 9.17) is 0 Å². The van der Waals surface area contributed by atoms with Crippen molar-refractivity contribution in [2.24, 2.45) is 0 Å². The number of likely N-dealkylation sites (tertiary alicyclic amines) is 1. The smallest absolute Gasteiger partial charge is 0.320 e. The Morgan fingerprint density at radius 3 is 1.77 bits per heavy atom. The van der Waals surface area contributed by atoms with E-state index in [2.05, 4.69) is 45.5 Å². The average Bonchev–Trinajstić information content (AvgIpc) is 3.02. The van der Waals surface area contributed by atoms with Gasteiger partial charge in [0.15, 0.2) is 0 Å². The van der Waals surface area contributed by atoms with Crippen molar-refractivity contribution in [2.75, 3.05) is 19.0 Å². The van der Waals surface area contributed by atoms with Crippen LogP contribution in [0.5, 0.6) is 0 Å². The number of urea groups is 1. The summed E-state index contributed by atoms with van der Waals surface area (Å²) in [6.45, 7) is 10.4. The van der Waals surface area contributed by atoms with Crippen LogP contribution in [-0.2, 0) is 4.79 Å². The molecule has 0 aliphatic carbocycles. The second-order valence-electron chi connectivity index (χ2n) is 14.4. The molecule has 0 saturated carbocycles. The summed E-state index contributed by atoms with van der Waals surface area (Å²) in [5.41, 5.74) is 5.55. The summed E-state index contributed by atoms with van der Waals surface area (Å²) in [6, 6.07) is 15.9. The van der Waals surface area contributed by atoms with Crippen LogP contribution >= 0.6 is 0 Å². The number of carbonyl (C=O) groups is 4. The maximum Gasteiger partial charge on any atom is 0.320 e. The van der Waals surface area contributed by atoms with E-state index in [0.717, 1.165) is 24.9 Å². The lowest BCUT2D eigenvalue weighted by Crippen LogP contribution is -2.68. The fourth-order valence-corrected chi connectivity index (χ4v) is 6.97. The second kappa shape index (κ2) is 17.3. The summed E-state index contributed by atoms with van der Waals surface area (Å²) in [6.07, 6.45) is 12.1. The number of unbranched alkanes of at least 4 members (excludes halogenated alkanes) is 8. The molecule has 9 heteroatoms.